The van der Waals surface area contributed by atoms with Crippen LogP contribution >= 0.6 is 0 Å². The summed E-state index contributed by atoms with van der Waals surface area (Å²) in [5.74, 6) is -0.173. The van der Waals surface area contributed by atoms with Gasteiger partial charge in [0.15, 0.2) is 0 Å². The minimum Gasteiger partial charge on any atom is -0.469 e. The Hall–Kier alpha value is -0.570. The van der Waals surface area contributed by atoms with Gasteiger partial charge in [-0.2, -0.15) is 0 Å². The third kappa shape index (κ3) is 1.26. The molecule has 0 aromatic carbocycles. The summed E-state index contributed by atoms with van der Waals surface area (Å²) >= 11 is 0. The number of methoxy groups -OCH3 is 1. The van der Waals surface area contributed by atoms with Gasteiger partial charge in [-0.25, -0.2) is 0 Å². The number of hydrogen-bond donors (Lipinski definition) is 1. The molecule has 0 unspecified atom stereocenters. The number of carbonyl (C=O) groups excluding carboxylic acids is 1. The molecule has 0 aromatic rings. The molecule has 2 rings (SSSR count). The molecule has 3 heteroatoms. The van der Waals surface area contributed by atoms with E-state index >= 15 is 0 Å². The van der Waals surface area contributed by atoms with Crippen LogP contribution in [0.25, 0.3) is 0 Å². The van der Waals surface area contributed by atoms with E-state index in [4.69, 9.17) is 4.74 Å². The number of esters is 1. The topological polar surface area (TPSA) is 46.5 Å². The lowest BCUT2D eigenvalue weighted by Gasteiger charge is -2.32. The molecule has 0 heterocycles. The highest BCUT2D eigenvalue weighted by Crippen LogP contribution is 2.54. The highest BCUT2D eigenvalue weighted by Gasteiger charge is 2.53. The standard InChI is InChI=1S/C11H18O3/c1-14-10(13)8-4-2-6-11(8)7-3-5-9(11)12/h8-9,12H,2-7H2,1H3/t8-,9+,11+/m1/s1. The van der Waals surface area contributed by atoms with E-state index in [1.54, 1.807) is 0 Å². The number of rotatable bonds is 1. The van der Waals surface area contributed by atoms with Crippen molar-refractivity contribution in [2.75, 3.05) is 7.11 Å². The Bertz CT molecular complexity index is 235. The molecule has 14 heavy (non-hydrogen) atoms. The Balaban J connectivity index is 2.20. The Morgan fingerprint density at radius 3 is 2.50 bits per heavy atom. The number of carbonyl (C=O) groups is 1. The van der Waals surface area contributed by atoms with Crippen LogP contribution in [-0.2, 0) is 9.53 Å². The van der Waals surface area contributed by atoms with Gasteiger partial charge in [0.05, 0.1) is 19.1 Å². The van der Waals surface area contributed by atoms with E-state index in [2.05, 4.69) is 0 Å². The molecule has 3 nitrogen and oxygen atoms in total. The van der Waals surface area contributed by atoms with Gasteiger partial charge >= 0.3 is 5.97 Å². The zero-order valence-corrected chi connectivity index (χ0v) is 8.66. The quantitative estimate of drug-likeness (QED) is 0.649. The molecular formula is C11H18O3. The highest BCUT2D eigenvalue weighted by atomic mass is 16.5. The normalized spacial score (nSPS) is 41.9. The van der Waals surface area contributed by atoms with Gasteiger partial charge in [-0.1, -0.05) is 12.8 Å². The Morgan fingerprint density at radius 2 is 2.00 bits per heavy atom. The summed E-state index contributed by atoms with van der Waals surface area (Å²) in [4.78, 5) is 11.6. The molecule has 0 aromatic heterocycles. The maximum atomic E-state index is 11.6. The fraction of sp³-hybridized carbons (Fsp3) is 0.909. The maximum absolute atomic E-state index is 11.6. The predicted octanol–water partition coefficient (Wildman–Crippen LogP) is 1.49. The molecule has 0 aliphatic heterocycles. The van der Waals surface area contributed by atoms with Gasteiger partial charge in [-0.3, -0.25) is 4.79 Å². The number of ether oxygens (including phenoxy) is 1. The van der Waals surface area contributed by atoms with Gasteiger partial charge in [0.25, 0.3) is 0 Å². The molecule has 3 atom stereocenters. The summed E-state index contributed by atoms with van der Waals surface area (Å²) in [5, 5.41) is 9.99. The largest absolute Gasteiger partial charge is 0.469 e. The third-order valence-corrected chi connectivity index (χ3v) is 4.10. The first-order valence-electron chi connectivity index (χ1n) is 5.46. The van der Waals surface area contributed by atoms with E-state index in [9.17, 15) is 9.90 Å². The second kappa shape index (κ2) is 3.54. The van der Waals surface area contributed by atoms with E-state index in [0.717, 1.165) is 38.5 Å². The summed E-state index contributed by atoms with van der Waals surface area (Å²) in [6.45, 7) is 0. The number of aliphatic hydroxyl groups excluding tert-OH is 1. The van der Waals surface area contributed by atoms with Crippen molar-refractivity contribution in [1.29, 1.82) is 0 Å². The van der Waals surface area contributed by atoms with Crippen LogP contribution in [-0.4, -0.2) is 24.3 Å². The molecule has 2 aliphatic carbocycles. The molecule has 80 valence electrons. The van der Waals surface area contributed by atoms with Gasteiger partial charge in [-0.05, 0) is 25.7 Å². The van der Waals surface area contributed by atoms with Crippen LogP contribution < -0.4 is 0 Å². The van der Waals surface area contributed by atoms with Gasteiger partial charge in [-0.15, -0.1) is 0 Å². The predicted molar refractivity (Wildman–Crippen MR) is 51.6 cm³/mol. The fourth-order valence-electron chi connectivity index (χ4n) is 3.37. The molecule has 0 bridgehead atoms. The van der Waals surface area contributed by atoms with Crippen molar-refractivity contribution in [3.63, 3.8) is 0 Å². The van der Waals surface area contributed by atoms with E-state index in [-0.39, 0.29) is 23.4 Å². The Labute approximate surface area is 84.4 Å². The SMILES string of the molecule is COC(=O)[C@H]1CCC[C@]12CCC[C@@H]2O. The zero-order valence-electron chi connectivity index (χ0n) is 8.66. The third-order valence-electron chi connectivity index (χ3n) is 4.10. The van der Waals surface area contributed by atoms with Crippen molar-refractivity contribution in [2.45, 2.75) is 44.6 Å². The average Bonchev–Trinajstić information content (AvgIpc) is 2.76. The second-order valence-corrected chi connectivity index (χ2v) is 4.61. The molecule has 2 saturated carbocycles. The van der Waals surface area contributed by atoms with Crippen LogP contribution in [0.2, 0.25) is 0 Å². The molecule has 0 amide bonds. The first-order chi connectivity index (χ1) is 6.70. The number of hydrogen-bond acceptors (Lipinski definition) is 3. The second-order valence-electron chi connectivity index (χ2n) is 4.61. The lowest BCUT2D eigenvalue weighted by molar-refractivity contribution is -0.152. The van der Waals surface area contributed by atoms with Crippen LogP contribution in [0.1, 0.15) is 38.5 Å². The van der Waals surface area contributed by atoms with Gasteiger partial charge in [0.1, 0.15) is 0 Å². The summed E-state index contributed by atoms with van der Waals surface area (Å²) in [7, 11) is 1.44. The highest BCUT2D eigenvalue weighted by molar-refractivity contribution is 5.74. The Kier molecular flexibility index (Phi) is 2.52. The molecule has 0 saturated heterocycles. The zero-order chi connectivity index (χ0) is 10.2. The van der Waals surface area contributed by atoms with Gasteiger partial charge in [0, 0.05) is 5.41 Å². The van der Waals surface area contributed by atoms with Crippen molar-refractivity contribution < 1.29 is 14.6 Å². The van der Waals surface area contributed by atoms with Crippen molar-refractivity contribution in [3.8, 4) is 0 Å². The molecule has 1 N–H and O–H groups in total. The van der Waals surface area contributed by atoms with Crippen molar-refractivity contribution in [3.05, 3.63) is 0 Å². The summed E-state index contributed by atoms with van der Waals surface area (Å²) in [6.07, 6.45) is 5.55. The van der Waals surface area contributed by atoms with Crippen LogP contribution in [0.4, 0.5) is 0 Å². The van der Waals surface area contributed by atoms with E-state index in [0.29, 0.717) is 0 Å². The molecule has 2 fully saturated rings. The van der Waals surface area contributed by atoms with Crippen molar-refractivity contribution >= 4 is 5.97 Å². The van der Waals surface area contributed by atoms with Gasteiger partial charge in [0.2, 0.25) is 0 Å². The first kappa shape index (κ1) is 9.97. The molecule has 2 aliphatic rings. The molecule has 1 spiro atoms. The van der Waals surface area contributed by atoms with E-state index in [1.165, 1.54) is 7.11 Å². The monoisotopic (exact) mass is 198 g/mol. The molecule has 0 radical (unpaired) electrons. The lowest BCUT2D eigenvalue weighted by Crippen LogP contribution is -2.38. The fourth-order valence-corrected chi connectivity index (χ4v) is 3.37. The number of aliphatic hydroxyl groups is 1. The molecular weight excluding hydrogens is 180 g/mol. The Morgan fingerprint density at radius 1 is 1.36 bits per heavy atom. The van der Waals surface area contributed by atoms with E-state index in [1.807, 2.05) is 0 Å². The summed E-state index contributed by atoms with van der Waals surface area (Å²) in [6, 6.07) is 0. The van der Waals surface area contributed by atoms with E-state index < -0.39 is 0 Å². The van der Waals surface area contributed by atoms with Crippen LogP contribution in [0, 0.1) is 11.3 Å². The minimum atomic E-state index is -0.283. The lowest BCUT2D eigenvalue weighted by atomic mass is 9.74. The van der Waals surface area contributed by atoms with Crippen molar-refractivity contribution in [2.24, 2.45) is 11.3 Å². The summed E-state index contributed by atoms with van der Waals surface area (Å²) < 4.78 is 4.82. The smallest absolute Gasteiger partial charge is 0.309 e. The van der Waals surface area contributed by atoms with Gasteiger partial charge < -0.3 is 9.84 Å². The first-order valence-corrected chi connectivity index (χ1v) is 5.46. The van der Waals surface area contributed by atoms with Crippen molar-refractivity contribution in [1.82, 2.24) is 0 Å². The van der Waals surface area contributed by atoms with Crippen LogP contribution in [0.5, 0.6) is 0 Å². The van der Waals surface area contributed by atoms with Crippen LogP contribution in [0.3, 0.4) is 0 Å². The average molecular weight is 198 g/mol. The maximum Gasteiger partial charge on any atom is 0.309 e. The van der Waals surface area contributed by atoms with Crippen LogP contribution in [0.15, 0.2) is 0 Å². The minimum absolute atomic E-state index is 0.0509. The summed E-state index contributed by atoms with van der Waals surface area (Å²) in [5.41, 5.74) is -0.132.